The van der Waals surface area contributed by atoms with E-state index in [9.17, 15) is 9.59 Å². The Kier molecular flexibility index (Phi) is 4.03. The molecular formula is C17H21N5O3. The van der Waals surface area contributed by atoms with Crippen LogP contribution in [0.2, 0.25) is 0 Å². The molecule has 8 nitrogen and oxygen atoms in total. The van der Waals surface area contributed by atoms with Gasteiger partial charge in [0.2, 0.25) is 11.8 Å². The van der Waals surface area contributed by atoms with Gasteiger partial charge in [-0.3, -0.25) is 9.59 Å². The highest BCUT2D eigenvalue weighted by atomic mass is 16.3. The number of rotatable bonds is 5. The molecule has 25 heavy (non-hydrogen) atoms. The molecule has 1 N–H and O–H groups in total. The van der Waals surface area contributed by atoms with Crippen LogP contribution >= 0.6 is 0 Å². The molecule has 0 aromatic carbocycles. The van der Waals surface area contributed by atoms with Crippen LogP contribution in [0.1, 0.15) is 43.2 Å². The van der Waals surface area contributed by atoms with E-state index in [2.05, 4.69) is 20.1 Å². The van der Waals surface area contributed by atoms with Gasteiger partial charge in [-0.25, -0.2) is 0 Å². The Morgan fingerprint density at radius 1 is 1.48 bits per heavy atom. The molecule has 2 amide bonds. The number of nitrogens with one attached hydrogen (secondary N) is 1. The Balaban J connectivity index is 1.37. The molecule has 2 atom stereocenters. The molecule has 2 aromatic rings. The highest BCUT2D eigenvalue weighted by molar-refractivity contribution is 5.89. The van der Waals surface area contributed by atoms with Gasteiger partial charge in [-0.05, 0) is 25.5 Å². The molecule has 4 heterocycles. The van der Waals surface area contributed by atoms with Gasteiger partial charge in [-0.15, -0.1) is 10.2 Å². The largest absolute Gasteiger partial charge is 0.467 e. The average molecular weight is 343 g/mol. The normalized spacial score (nSPS) is 20.8. The molecule has 4 rings (SSSR count). The first-order chi connectivity index (χ1) is 12.1. The van der Waals surface area contributed by atoms with E-state index in [0.29, 0.717) is 13.1 Å². The predicted molar refractivity (Wildman–Crippen MR) is 87.1 cm³/mol. The summed E-state index contributed by atoms with van der Waals surface area (Å²) in [6.07, 6.45) is 3.82. The number of aryl methyl sites for hydroxylation is 1. The molecule has 0 unspecified atom stereocenters. The third kappa shape index (κ3) is 3.04. The van der Waals surface area contributed by atoms with Gasteiger partial charge in [0.05, 0.1) is 24.8 Å². The van der Waals surface area contributed by atoms with Crippen molar-refractivity contribution in [2.45, 2.75) is 45.3 Å². The lowest BCUT2D eigenvalue weighted by Crippen LogP contribution is -2.35. The van der Waals surface area contributed by atoms with Crippen LogP contribution in [-0.2, 0) is 29.1 Å². The van der Waals surface area contributed by atoms with Crippen molar-refractivity contribution in [2.75, 3.05) is 6.54 Å². The van der Waals surface area contributed by atoms with E-state index in [1.54, 1.807) is 17.2 Å². The molecule has 0 aliphatic carbocycles. The number of fused-ring (bicyclic) bond motifs is 1. The van der Waals surface area contributed by atoms with Crippen molar-refractivity contribution >= 4 is 11.8 Å². The Morgan fingerprint density at radius 2 is 2.36 bits per heavy atom. The van der Waals surface area contributed by atoms with Crippen molar-refractivity contribution in [3.8, 4) is 0 Å². The maximum atomic E-state index is 12.6. The van der Waals surface area contributed by atoms with Crippen molar-refractivity contribution in [1.29, 1.82) is 0 Å². The van der Waals surface area contributed by atoms with Gasteiger partial charge in [0.25, 0.3) is 0 Å². The summed E-state index contributed by atoms with van der Waals surface area (Å²) in [5.41, 5.74) is 0. The number of carbonyl (C=O) groups excluding carboxylic acids is 2. The molecule has 1 fully saturated rings. The minimum absolute atomic E-state index is 0.0208. The fraction of sp³-hybridized carbons (Fsp3) is 0.529. The van der Waals surface area contributed by atoms with Gasteiger partial charge in [0, 0.05) is 25.9 Å². The topological polar surface area (TPSA) is 93.3 Å². The summed E-state index contributed by atoms with van der Waals surface area (Å²) >= 11 is 0. The van der Waals surface area contributed by atoms with E-state index in [-0.39, 0.29) is 30.2 Å². The molecule has 0 radical (unpaired) electrons. The Labute approximate surface area is 145 Å². The lowest BCUT2D eigenvalue weighted by Gasteiger charge is -2.17. The van der Waals surface area contributed by atoms with Crippen LogP contribution in [0.25, 0.3) is 0 Å². The highest BCUT2D eigenvalue weighted by Crippen LogP contribution is 2.23. The van der Waals surface area contributed by atoms with E-state index < -0.39 is 0 Å². The molecule has 2 aromatic heterocycles. The van der Waals surface area contributed by atoms with Crippen molar-refractivity contribution in [3.63, 3.8) is 0 Å². The lowest BCUT2D eigenvalue weighted by molar-refractivity contribution is -0.129. The summed E-state index contributed by atoms with van der Waals surface area (Å²) in [7, 11) is 0. The number of nitrogens with zero attached hydrogens (tertiary/aromatic N) is 4. The van der Waals surface area contributed by atoms with Crippen molar-refractivity contribution < 1.29 is 14.0 Å². The maximum Gasteiger partial charge on any atom is 0.226 e. The predicted octanol–water partition coefficient (Wildman–Crippen LogP) is 1.04. The molecule has 2 aliphatic heterocycles. The van der Waals surface area contributed by atoms with E-state index in [0.717, 1.165) is 36.8 Å². The molecular weight excluding hydrogens is 322 g/mol. The first-order valence-corrected chi connectivity index (χ1v) is 8.64. The second-order valence-electron chi connectivity index (χ2n) is 6.71. The van der Waals surface area contributed by atoms with E-state index >= 15 is 0 Å². The summed E-state index contributed by atoms with van der Waals surface area (Å²) in [6, 6.07) is 3.40. The monoisotopic (exact) mass is 343 g/mol. The van der Waals surface area contributed by atoms with Gasteiger partial charge in [-0.2, -0.15) is 0 Å². The zero-order valence-electron chi connectivity index (χ0n) is 14.1. The smallest absolute Gasteiger partial charge is 0.226 e. The van der Waals surface area contributed by atoms with Crippen molar-refractivity contribution in [3.05, 3.63) is 35.8 Å². The number of likely N-dealkylation sites (tertiary alicyclic amines) is 1. The van der Waals surface area contributed by atoms with Gasteiger partial charge < -0.3 is 19.2 Å². The van der Waals surface area contributed by atoms with Crippen LogP contribution in [0.3, 0.4) is 0 Å². The standard InChI is InChI=1S/C17H21N5O3/c1-11(16-20-19-14-5-2-6-22(14)16)18-17(24)12-8-15(23)21(9-12)10-13-4-3-7-25-13/h3-4,7,11-12H,2,5-6,8-10H2,1H3,(H,18,24)/t11-,12-/m0/s1. The summed E-state index contributed by atoms with van der Waals surface area (Å²) < 4.78 is 7.36. The summed E-state index contributed by atoms with van der Waals surface area (Å²) in [5, 5.41) is 11.4. The third-order valence-electron chi connectivity index (χ3n) is 4.90. The van der Waals surface area contributed by atoms with Gasteiger partial charge in [-0.1, -0.05) is 0 Å². The van der Waals surface area contributed by atoms with Crippen LogP contribution < -0.4 is 5.32 Å². The lowest BCUT2D eigenvalue weighted by atomic mass is 10.1. The van der Waals surface area contributed by atoms with E-state index in [1.807, 2.05) is 13.0 Å². The summed E-state index contributed by atoms with van der Waals surface area (Å²) in [5.74, 6) is 2.02. The van der Waals surface area contributed by atoms with Gasteiger partial charge in [0.15, 0.2) is 5.82 Å². The zero-order chi connectivity index (χ0) is 17.4. The number of hydrogen-bond donors (Lipinski definition) is 1. The van der Waals surface area contributed by atoms with Crippen LogP contribution in [0.15, 0.2) is 22.8 Å². The summed E-state index contributed by atoms with van der Waals surface area (Å²) in [6.45, 7) is 3.63. The van der Waals surface area contributed by atoms with Crippen LogP contribution in [-0.4, -0.2) is 38.0 Å². The fourth-order valence-electron chi connectivity index (χ4n) is 3.58. The van der Waals surface area contributed by atoms with Crippen molar-refractivity contribution in [1.82, 2.24) is 25.0 Å². The molecule has 132 valence electrons. The molecule has 0 saturated carbocycles. The Morgan fingerprint density at radius 3 is 3.16 bits per heavy atom. The maximum absolute atomic E-state index is 12.6. The van der Waals surface area contributed by atoms with Crippen molar-refractivity contribution in [2.24, 2.45) is 5.92 Å². The first kappa shape index (κ1) is 15.9. The summed E-state index contributed by atoms with van der Waals surface area (Å²) in [4.78, 5) is 26.4. The minimum atomic E-state index is -0.342. The minimum Gasteiger partial charge on any atom is -0.467 e. The molecule has 2 aliphatic rings. The van der Waals surface area contributed by atoms with Crippen LogP contribution in [0.4, 0.5) is 0 Å². The first-order valence-electron chi connectivity index (χ1n) is 8.64. The number of furan rings is 1. The van der Waals surface area contributed by atoms with Crippen LogP contribution in [0.5, 0.6) is 0 Å². The molecule has 0 spiro atoms. The number of aromatic nitrogens is 3. The highest BCUT2D eigenvalue weighted by Gasteiger charge is 2.35. The van der Waals surface area contributed by atoms with E-state index in [1.165, 1.54) is 0 Å². The molecule has 1 saturated heterocycles. The van der Waals surface area contributed by atoms with E-state index in [4.69, 9.17) is 4.42 Å². The van der Waals surface area contributed by atoms with Gasteiger partial charge in [0.1, 0.15) is 11.6 Å². The molecule has 8 heteroatoms. The zero-order valence-corrected chi connectivity index (χ0v) is 14.1. The second kappa shape index (κ2) is 6.34. The number of hydrogen-bond acceptors (Lipinski definition) is 5. The third-order valence-corrected chi connectivity index (χ3v) is 4.90. The average Bonchev–Trinajstić information content (AvgIpc) is 3.32. The van der Waals surface area contributed by atoms with Gasteiger partial charge >= 0.3 is 0 Å². The SMILES string of the molecule is C[C@H](NC(=O)[C@H]1CC(=O)N(Cc2ccco2)C1)c1nnc2n1CCC2. The fourth-order valence-corrected chi connectivity index (χ4v) is 3.58. The Hall–Kier alpha value is -2.64. The Bertz CT molecular complexity index is 782. The quantitative estimate of drug-likeness (QED) is 0.876. The number of carbonyl (C=O) groups is 2. The second-order valence-corrected chi connectivity index (χ2v) is 6.71. The van der Waals surface area contributed by atoms with Crippen LogP contribution in [0, 0.1) is 5.92 Å². The molecule has 0 bridgehead atoms. The number of amides is 2.